The van der Waals surface area contributed by atoms with Crippen LogP contribution >= 0.6 is 0 Å². The standard InChI is InChI=1S/C16H23FN2O4S/c1-23-9-3-5-12-4-2-8-19(11-12)16(20)14-10-13(24(18,21)22)6-7-15(14)17/h6-7,10,12H,2-5,8-9,11H2,1H3,(H2,18,21,22)/t12-/m0/s1. The fourth-order valence-corrected chi connectivity index (χ4v) is 3.56. The fraction of sp³-hybridized carbons (Fsp3) is 0.562. The topological polar surface area (TPSA) is 89.7 Å². The Labute approximate surface area is 141 Å². The molecule has 1 aromatic rings. The van der Waals surface area contributed by atoms with E-state index in [1.807, 2.05) is 0 Å². The number of likely N-dealkylation sites (tertiary alicyclic amines) is 1. The van der Waals surface area contributed by atoms with Crippen LogP contribution in [0.2, 0.25) is 0 Å². The zero-order valence-electron chi connectivity index (χ0n) is 13.7. The maximum atomic E-state index is 14.0. The molecule has 1 amide bonds. The van der Waals surface area contributed by atoms with Gasteiger partial charge in [-0.3, -0.25) is 4.79 Å². The average Bonchev–Trinajstić information content (AvgIpc) is 2.54. The predicted molar refractivity (Wildman–Crippen MR) is 87.5 cm³/mol. The Morgan fingerprint density at radius 3 is 2.88 bits per heavy atom. The van der Waals surface area contributed by atoms with E-state index in [-0.39, 0.29) is 10.5 Å². The minimum absolute atomic E-state index is 0.251. The zero-order valence-corrected chi connectivity index (χ0v) is 14.5. The summed E-state index contributed by atoms with van der Waals surface area (Å²) in [6, 6.07) is 3.04. The van der Waals surface area contributed by atoms with E-state index in [0.717, 1.165) is 43.9 Å². The molecule has 2 N–H and O–H groups in total. The minimum Gasteiger partial charge on any atom is -0.385 e. The summed E-state index contributed by atoms with van der Waals surface area (Å²) in [5.41, 5.74) is -0.251. The quantitative estimate of drug-likeness (QED) is 0.785. The number of hydrogen-bond acceptors (Lipinski definition) is 4. The van der Waals surface area contributed by atoms with Crippen molar-refractivity contribution in [2.24, 2.45) is 11.1 Å². The van der Waals surface area contributed by atoms with Crippen LogP contribution in [0.5, 0.6) is 0 Å². The Bertz CT molecular complexity index is 693. The molecule has 0 saturated carbocycles. The normalized spacial score (nSPS) is 18.6. The average molecular weight is 358 g/mol. The molecule has 6 nitrogen and oxygen atoms in total. The van der Waals surface area contributed by atoms with E-state index in [1.54, 1.807) is 12.0 Å². The van der Waals surface area contributed by atoms with Crippen LogP contribution in [-0.4, -0.2) is 46.0 Å². The third-order valence-electron chi connectivity index (χ3n) is 4.26. The zero-order chi connectivity index (χ0) is 17.7. The highest BCUT2D eigenvalue weighted by molar-refractivity contribution is 7.89. The first-order chi connectivity index (χ1) is 11.3. The van der Waals surface area contributed by atoms with Gasteiger partial charge in [0, 0.05) is 26.8 Å². The number of carbonyl (C=O) groups is 1. The SMILES string of the molecule is COCCC[C@@H]1CCCN(C(=O)c2cc(S(N)(=O)=O)ccc2F)C1. The molecule has 0 unspecified atom stereocenters. The summed E-state index contributed by atoms with van der Waals surface area (Å²) in [6.07, 6.45) is 3.73. The van der Waals surface area contributed by atoms with Crippen LogP contribution in [0, 0.1) is 11.7 Å². The van der Waals surface area contributed by atoms with Crippen molar-refractivity contribution in [1.29, 1.82) is 0 Å². The molecule has 24 heavy (non-hydrogen) atoms. The summed E-state index contributed by atoms with van der Waals surface area (Å²) in [5, 5.41) is 5.06. The van der Waals surface area contributed by atoms with Gasteiger partial charge in [-0.25, -0.2) is 17.9 Å². The van der Waals surface area contributed by atoms with Crippen LogP contribution in [0.4, 0.5) is 4.39 Å². The highest BCUT2D eigenvalue weighted by Crippen LogP contribution is 2.24. The first-order valence-electron chi connectivity index (χ1n) is 7.93. The molecule has 8 heteroatoms. The maximum Gasteiger partial charge on any atom is 0.256 e. The van der Waals surface area contributed by atoms with Crippen molar-refractivity contribution in [3.05, 3.63) is 29.6 Å². The third-order valence-corrected chi connectivity index (χ3v) is 5.17. The van der Waals surface area contributed by atoms with E-state index in [9.17, 15) is 17.6 Å². The van der Waals surface area contributed by atoms with Crippen LogP contribution in [0.15, 0.2) is 23.1 Å². The number of benzene rings is 1. The lowest BCUT2D eigenvalue weighted by molar-refractivity contribution is 0.0655. The Balaban J connectivity index is 2.13. The Morgan fingerprint density at radius 1 is 1.46 bits per heavy atom. The number of rotatable bonds is 6. The molecule has 1 saturated heterocycles. The molecule has 1 fully saturated rings. The Morgan fingerprint density at radius 2 is 2.21 bits per heavy atom. The van der Waals surface area contributed by atoms with E-state index in [2.05, 4.69) is 0 Å². The number of nitrogens with two attached hydrogens (primary N) is 1. The number of sulfonamides is 1. The summed E-state index contributed by atoms with van der Waals surface area (Å²) in [4.78, 5) is 13.9. The van der Waals surface area contributed by atoms with Crippen molar-refractivity contribution < 1.29 is 22.3 Å². The highest BCUT2D eigenvalue weighted by atomic mass is 32.2. The number of ether oxygens (including phenoxy) is 1. The van der Waals surface area contributed by atoms with Gasteiger partial charge in [-0.15, -0.1) is 0 Å². The highest BCUT2D eigenvalue weighted by Gasteiger charge is 2.26. The molecule has 1 aliphatic rings. The summed E-state index contributed by atoms with van der Waals surface area (Å²) >= 11 is 0. The Kier molecular flexibility index (Phi) is 6.31. The first kappa shape index (κ1) is 18.8. The van der Waals surface area contributed by atoms with Gasteiger partial charge < -0.3 is 9.64 Å². The molecule has 0 aromatic heterocycles. The van der Waals surface area contributed by atoms with E-state index in [1.165, 1.54) is 0 Å². The summed E-state index contributed by atoms with van der Waals surface area (Å²) < 4.78 is 41.9. The van der Waals surface area contributed by atoms with Crippen molar-refractivity contribution in [3.8, 4) is 0 Å². The van der Waals surface area contributed by atoms with Gasteiger partial charge in [0.2, 0.25) is 10.0 Å². The van der Waals surface area contributed by atoms with Gasteiger partial charge in [0.25, 0.3) is 5.91 Å². The summed E-state index contributed by atoms with van der Waals surface area (Å²) in [5.74, 6) is -0.884. The van der Waals surface area contributed by atoms with Gasteiger partial charge in [0.15, 0.2) is 0 Å². The van der Waals surface area contributed by atoms with Crippen LogP contribution in [0.25, 0.3) is 0 Å². The van der Waals surface area contributed by atoms with Crippen molar-refractivity contribution in [2.75, 3.05) is 26.8 Å². The molecule has 0 bridgehead atoms. The summed E-state index contributed by atoms with van der Waals surface area (Å²) in [7, 11) is -2.33. The molecule has 134 valence electrons. The van der Waals surface area contributed by atoms with Crippen LogP contribution in [-0.2, 0) is 14.8 Å². The second-order valence-electron chi connectivity index (χ2n) is 6.08. The number of carbonyl (C=O) groups excluding carboxylic acids is 1. The molecular weight excluding hydrogens is 335 g/mol. The molecule has 1 atom stereocenters. The van der Waals surface area contributed by atoms with Crippen molar-refractivity contribution in [1.82, 2.24) is 4.90 Å². The van der Waals surface area contributed by atoms with Gasteiger partial charge in [-0.05, 0) is 49.8 Å². The van der Waals surface area contributed by atoms with Gasteiger partial charge >= 0.3 is 0 Å². The van der Waals surface area contributed by atoms with Crippen molar-refractivity contribution in [2.45, 2.75) is 30.6 Å². The van der Waals surface area contributed by atoms with Gasteiger partial charge in [0.05, 0.1) is 10.5 Å². The predicted octanol–water partition coefficient (Wildman–Crippen LogP) is 1.75. The maximum absolute atomic E-state index is 14.0. The number of nitrogens with zero attached hydrogens (tertiary/aromatic N) is 1. The number of primary sulfonamides is 1. The second-order valence-corrected chi connectivity index (χ2v) is 7.64. The molecule has 1 heterocycles. The smallest absolute Gasteiger partial charge is 0.256 e. The summed E-state index contributed by atoms with van der Waals surface area (Å²) in [6.45, 7) is 1.76. The molecule has 2 rings (SSSR count). The van der Waals surface area contributed by atoms with Gasteiger partial charge in [-0.1, -0.05) is 0 Å². The van der Waals surface area contributed by atoms with E-state index in [0.29, 0.717) is 25.6 Å². The van der Waals surface area contributed by atoms with E-state index < -0.39 is 21.7 Å². The number of piperidine rings is 1. The number of hydrogen-bond donors (Lipinski definition) is 1. The second kappa shape index (κ2) is 8.04. The lowest BCUT2D eigenvalue weighted by Crippen LogP contribution is -2.40. The third kappa shape index (κ3) is 4.75. The van der Waals surface area contributed by atoms with Crippen LogP contribution in [0.1, 0.15) is 36.0 Å². The molecule has 0 aliphatic carbocycles. The minimum atomic E-state index is -3.98. The van der Waals surface area contributed by atoms with Gasteiger partial charge in [0.1, 0.15) is 5.82 Å². The van der Waals surface area contributed by atoms with E-state index in [4.69, 9.17) is 9.88 Å². The Hall–Kier alpha value is -1.51. The first-order valence-corrected chi connectivity index (χ1v) is 9.48. The van der Waals surface area contributed by atoms with Crippen molar-refractivity contribution >= 4 is 15.9 Å². The molecule has 1 aliphatic heterocycles. The lowest BCUT2D eigenvalue weighted by atomic mass is 9.93. The van der Waals surface area contributed by atoms with Crippen LogP contribution < -0.4 is 5.14 Å². The lowest BCUT2D eigenvalue weighted by Gasteiger charge is -2.33. The molecule has 1 aromatic carbocycles. The van der Waals surface area contributed by atoms with Gasteiger partial charge in [-0.2, -0.15) is 0 Å². The number of amides is 1. The molecule has 0 radical (unpaired) electrons. The molecule has 0 spiro atoms. The molecular formula is C16H23FN2O4S. The van der Waals surface area contributed by atoms with Crippen LogP contribution in [0.3, 0.4) is 0 Å². The number of halogens is 1. The number of methoxy groups -OCH3 is 1. The largest absolute Gasteiger partial charge is 0.385 e. The van der Waals surface area contributed by atoms with E-state index >= 15 is 0 Å². The fourth-order valence-electron chi connectivity index (χ4n) is 3.02. The van der Waals surface area contributed by atoms with Crippen molar-refractivity contribution in [3.63, 3.8) is 0 Å². The monoisotopic (exact) mass is 358 g/mol.